The maximum absolute atomic E-state index is 5.43. The highest BCUT2D eigenvalue weighted by Crippen LogP contribution is 2.17. The molecule has 1 aliphatic heterocycles. The van der Waals surface area contributed by atoms with Crippen LogP contribution in [0.5, 0.6) is 0 Å². The minimum atomic E-state index is 0.0590. The molecule has 6 heteroatoms. The van der Waals surface area contributed by atoms with Gasteiger partial charge in [-0.1, -0.05) is 4.49 Å². The Labute approximate surface area is 67.9 Å². The molecule has 1 saturated heterocycles. The van der Waals surface area contributed by atoms with E-state index in [1.165, 1.54) is 11.5 Å². The summed E-state index contributed by atoms with van der Waals surface area (Å²) < 4.78 is 9.10. The average molecular weight is 172 g/mol. The Kier molecular flexibility index (Phi) is 2.06. The van der Waals surface area contributed by atoms with Crippen molar-refractivity contribution in [3.05, 3.63) is 5.01 Å². The lowest BCUT2D eigenvalue weighted by atomic mass is 10.3. The number of nitrogens with zero attached hydrogens (tertiary/aromatic N) is 3. The Morgan fingerprint density at radius 3 is 3.27 bits per heavy atom. The van der Waals surface area contributed by atoms with Crippen molar-refractivity contribution in [1.29, 1.82) is 0 Å². The number of nitrogens with one attached hydrogen (secondary N) is 1. The molecule has 0 radical (unpaired) electrons. The van der Waals surface area contributed by atoms with Crippen LogP contribution >= 0.6 is 11.5 Å². The minimum absolute atomic E-state index is 0.0590. The Morgan fingerprint density at radius 2 is 2.64 bits per heavy atom. The predicted octanol–water partition coefficient (Wildman–Crippen LogP) is -0.406. The normalized spacial score (nSPS) is 25.3. The van der Waals surface area contributed by atoms with Gasteiger partial charge in [0.2, 0.25) is 0 Å². The Hall–Kier alpha value is -0.590. The molecule has 0 amide bonds. The maximum Gasteiger partial charge on any atom is 0.168 e. The molecule has 1 atom stereocenters. The largest absolute Gasteiger partial charge is 0.368 e. The first-order chi connectivity index (χ1) is 5.47. The van der Waals surface area contributed by atoms with Gasteiger partial charge in [0.1, 0.15) is 6.10 Å². The Morgan fingerprint density at radius 1 is 1.64 bits per heavy atom. The molecule has 1 unspecified atom stereocenters. The molecule has 0 aromatic carbocycles. The molecule has 11 heavy (non-hydrogen) atoms. The van der Waals surface area contributed by atoms with Gasteiger partial charge in [0.25, 0.3) is 0 Å². The van der Waals surface area contributed by atoms with Crippen LogP contribution in [0.2, 0.25) is 0 Å². The van der Waals surface area contributed by atoms with E-state index in [0.717, 1.165) is 24.7 Å². The molecule has 5 nitrogen and oxygen atoms in total. The second kappa shape index (κ2) is 3.21. The second-order valence-corrected chi connectivity index (χ2v) is 3.03. The van der Waals surface area contributed by atoms with Crippen LogP contribution < -0.4 is 5.32 Å². The van der Waals surface area contributed by atoms with Crippen molar-refractivity contribution >= 4 is 11.5 Å². The first kappa shape index (κ1) is 7.08. The van der Waals surface area contributed by atoms with E-state index in [2.05, 4.69) is 20.1 Å². The molecule has 0 spiro atoms. The van der Waals surface area contributed by atoms with Gasteiger partial charge in [-0.25, -0.2) is 0 Å². The fourth-order valence-corrected chi connectivity index (χ4v) is 1.49. The zero-order chi connectivity index (χ0) is 7.52. The van der Waals surface area contributed by atoms with Crippen molar-refractivity contribution in [3.8, 4) is 0 Å². The van der Waals surface area contributed by atoms with Crippen LogP contribution in [0.4, 0.5) is 0 Å². The van der Waals surface area contributed by atoms with Gasteiger partial charge in [0, 0.05) is 24.6 Å². The zero-order valence-electron chi connectivity index (χ0n) is 5.86. The third-order valence-corrected chi connectivity index (χ3v) is 2.20. The molecule has 1 aliphatic rings. The summed E-state index contributed by atoms with van der Waals surface area (Å²) >= 11 is 1.29. The van der Waals surface area contributed by atoms with Gasteiger partial charge in [-0.3, -0.25) is 0 Å². The van der Waals surface area contributed by atoms with E-state index in [1.54, 1.807) is 0 Å². The monoisotopic (exact) mass is 172 g/mol. The summed E-state index contributed by atoms with van der Waals surface area (Å²) in [5.41, 5.74) is 0. The molecule has 2 rings (SSSR count). The van der Waals surface area contributed by atoms with Crippen molar-refractivity contribution in [2.75, 3.05) is 19.7 Å². The standard InChI is InChI=1S/C5H8N4OS/c1-2-10-4(3-6-1)5-7-8-9-11-5/h4,6H,1-3H2. The average Bonchev–Trinajstić information content (AvgIpc) is 2.58. The van der Waals surface area contributed by atoms with E-state index in [1.807, 2.05) is 0 Å². The Balaban J connectivity index is 2.04. The molecule has 60 valence electrons. The number of ether oxygens (including phenoxy) is 1. The SMILES string of the molecule is C1COC(c2nnns2)CN1. The number of hydrogen-bond acceptors (Lipinski definition) is 6. The first-order valence-electron chi connectivity index (χ1n) is 3.44. The summed E-state index contributed by atoms with van der Waals surface area (Å²) in [6.07, 6.45) is 0.0590. The molecular formula is C5H8N4OS. The van der Waals surface area contributed by atoms with Gasteiger partial charge < -0.3 is 10.1 Å². The molecule has 0 aliphatic carbocycles. The fourth-order valence-electron chi connectivity index (χ4n) is 0.988. The highest BCUT2D eigenvalue weighted by molar-refractivity contribution is 7.05. The third-order valence-electron chi connectivity index (χ3n) is 1.52. The van der Waals surface area contributed by atoms with E-state index in [9.17, 15) is 0 Å². The number of rotatable bonds is 1. The van der Waals surface area contributed by atoms with Crippen LogP contribution in [0, 0.1) is 0 Å². The third kappa shape index (κ3) is 1.52. The molecule has 0 saturated carbocycles. The van der Waals surface area contributed by atoms with Crippen LogP contribution in [0.25, 0.3) is 0 Å². The highest BCUT2D eigenvalue weighted by Gasteiger charge is 2.18. The second-order valence-electron chi connectivity index (χ2n) is 2.26. The van der Waals surface area contributed by atoms with Crippen LogP contribution in [0.1, 0.15) is 11.1 Å². The summed E-state index contributed by atoms with van der Waals surface area (Å²) in [7, 11) is 0. The predicted molar refractivity (Wildman–Crippen MR) is 39.3 cm³/mol. The first-order valence-corrected chi connectivity index (χ1v) is 4.21. The van der Waals surface area contributed by atoms with E-state index in [-0.39, 0.29) is 6.10 Å². The van der Waals surface area contributed by atoms with Gasteiger partial charge in [-0.2, -0.15) is 0 Å². The smallest absolute Gasteiger partial charge is 0.168 e. The van der Waals surface area contributed by atoms with E-state index < -0.39 is 0 Å². The summed E-state index contributed by atoms with van der Waals surface area (Å²) in [6.45, 7) is 2.48. The van der Waals surface area contributed by atoms with E-state index >= 15 is 0 Å². The molecule has 0 bridgehead atoms. The van der Waals surface area contributed by atoms with Crippen LogP contribution in [0.3, 0.4) is 0 Å². The summed E-state index contributed by atoms with van der Waals surface area (Å²) in [5, 5.41) is 11.4. The number of morpholine rings is 1. The summed E-state index contributed by atoms with van der Waals surface area (Å²) in [5.74, 6) is 0. The molecule has 1 aromatic heterocycles. The van der Waals surface area contributed by atoms with Crippen molar-refractivity contribution in [2.45, 2.75) is 6.10 Å². The number of hydrogen-bond donors (Lipinski definition) is 1. The van der Waals surface area contributed by atoms with Crippen LogP contribution in [-0.4, -0.2) is 34.5 Å². The minimum Gasteiger partial charge on any atom is -0.368 e. The van der Waals surface area contributed by atoms with E-state index in [0.29, 0.717) is 0 Å². The number of aromatic nitrogens is 3. The van der Waals surface area contributed by atoms with Crippen molar-refractivity contribution in [3.63, 3.8) is 0 Å². The highest BCUT2D eigenvalue weighted by atomic mass is 32.1. The Bertz CT molecular complexity index is 208. The topological polar surface area (TPSA) is 59.9 Å². The zero-order valence-corrected chi connectivity index (χ0v) is 6.67. The quantitative estimate of drug-likeness (QED) is 0.624. The lowest BCUT2D eigenvalue weighted by Crippen LogP contribution is -2.33. The lowest BCUT2D eigenvalue weighted by molar-refractivity contribution is 0.0271. The van der Waals surface area contributed by atoms with Crippen molar-refractivity contribution < 1.29 is 4.74 Å². The molecule has 1 fully saturated rings. The van der Waals surface area contributed by atoms with Crippen molar-refractivity contribution in [2.24, 2.45) is 0 Å². The van der Waals surface area contributed by atoms with Gasteiger partial charge in [0.05, 0.1) is 6.61 Å². The molecule has 1 N–H and O–H groups in total. The fraction of sp³-hybridized carbons (Fsp3) is 0.800. The van der Waals surface area contributed by atoms with E-state index in [4.69, 9.17) is 4.74 Å². The summed E-state index contributed by atoms with van der Waals surface area (Å²) in [4.78, 5) is 0. The molecule has 1 aromatic rings. The lowest BCUT2D eigenvalue weighted by Gasteiger charge is -2.20. The molecule has 2 heterocycles. The molecular weight excluding hydrogens is 164 g/mol. The van der Waals surface area contributed by atoms with Crippen LogP contribution in [0.15, 0.2) is 0 Å². The van der Waals surface area contributed by atoms with Gasteiger partial charge >= 0.3 is 0 Å². The summed E-state index contributed by atoms with van der Waals surface area (Å²) in [6, 6.07) is 0. The van der Waals surface area contributed by atoms with Gasteiger partial charge in [0.15, 0.2) is 5.01 Å². The van der Waals surface area contributed by atoms with Crippen molar-refractivity contribution in [1.82, 2.24) is 20.1 Å². The van der Waals surface area contributed by atoms with Gasteiger partial charge in [-0.05, 0) is 5.21 Å². The maximum atomic E-state index is 5.43. The van der Waals surface area contributed by atoms with Gasteiger partial charge in [-0.15, -0.1) is 5.10 Å². The van der Waals surface area contributed by atoms with Crippen LogP contribution in [-0.2, 0) is 4.74 Å².